The van der Waals surface area contributed by atoms with Gasteiger partial charge in [0.1, 0.15) is 5.75 Å². The van der Waals surface area contributed by atoms with Crippen molar-refractivity contribution in [3.63, 3.8) is 0 Å². The number of oxime groups is 1. The fourth-order valence-electron chi connectivity index (χ4n) is 2.07. The van der Waals surface area contributed by atoms with E-state index in [-0.39, 0.29) is 12.5 Å². The zero-order valence-corrected chi connectivity index (χ0v) is 15.4. The third kappa shape index (κ3) is 5.29. The number of amides is 1. The average Bonchev–Trinajstić information content (AvgIpc) is 2.65. The van der Waals surface area contributed by atoms with E-state index in [0.717, 1.165) is 5.56 Å². The monoisotopic (exact) mass is 378 g/mol. The van der Waals surface area contributed by atoms with Gasteiger partial charge in [-0.05, 0) is 36.4 Å². The van der Waals surface area contributed by atoms with Crippen LogP contribution in [0.4, 0.5) is 5.69 Å². The molecule has 26 heavy (non-hydrogen) atoms. The van der Waals surface area contributed by atoms with Gasteiger partial charge in [-0.15, -0.1) is 0 Å². The van der Waals surface area contributed by atoms with Crippen molar-refractivity contribution >= 4 is 29.4 Å². The minimum absolute atomic E-state index is 0.243. The molecule has 2 aromatic rings. The van der Waals surface area contributed by atoms with Crippen LogP contribution in [0, 0.1) is 0 Å². The van der Waals surface area contributed by atoms with E-state index in [1.54, 1.807) is 50.6 Å². The van der Waals surface area contributed by atoms with E-state index in [0.29, 0.717) is 28.0 Å². The molecule has 0 saturated carbocycles. The van der Waals surface area contributed by atoms with Gasteiger partial charge in [-0.25, -0.2) is 0 Å². The molecular weight excluding hydrogens is 360 g/mol. The number of hydrogen-bond donors (Lipinski definition) is 1. The summed E-state index contributed by atoms with van der Waals surface area (Å²) in [4.78, 5) is 16.9. The predicted octanol–water partition coefficient (Wildman–Crippen LogP) is 3.36. The van der Waals surface area contributed by atoms with Gasteiger partial charge in [-0.2, -0.15) is 0 Å². The first-order chi connectivity index (χ1) is 12.6. The number of hydrogen-bond acceptors (Lipinski definition) is 6. The highest BCUT2D eigenvalue weighted by molar-refractivity contribution is 6.32. The van der Waals surface area contributed by atoms with Crippen LogP contribution < -0.4 is 19.5 Å². The number of nitrogens with one attached hydrogen (secondary N) is 1. The Bertz CT molecular complexity index is 795. The molecule has 0 bridgehead atoms. The fourth-order valence-corrected chi connectivity index (χ4v) is 2.33. The highest BCUT2D eigenvalue weighted by Crippen LogP contribution is 2.27. The summed E-state index contributed by atoms with van der Waals surface area (Å²) >= 11 is 6.00. The van der Waals surface area contributed by atoms with Gasteiger partial charge in [0.2, 0.25) is 0 Å². The summed E-state index contributed by atoms with van der Waals surface area (Å²) in [5, 5.41) is 6.82. The molecule has 0 aliphatic rings. The molecule has 0 aliphatic heterocycles. The van der Waals surface area contributed by atoms with Crippen molar-refractivity contribution in [2.45, 2.75) is 0 Å². The lowest BCUT2D eigenvalue weighted by Crippen LogP contribution is -2.16. The summed E-state index contributed by atoms with van der Waals surface area (Å²) in [6.07, 6.45) is 1.47. The van der Waals surface area contributed by atoms with Crippen molar-refractivity contribution in [2.24, 2.45) is 5.16 Å². The Morgan fingerprint density at radius 1 is 1.04 bits per heavy atom. The highest BCUT2D eigenvalue weighted by Gasteiger charge is 2.06. The van der Waals surface area contributed by atoms with Gasteiger partial charge in [0.15, 0.2) is 18.1 Å². The minimum Gasteiger partial charge on any atom is -0.495 e. The van der Waals surface area contributed by atoms with Crippen molar-refractivity contribution in [3.05, 3.63) is 47.0 Å². The smallest absolute Gasteiger partial charge is 0.265 e. The van der Waals surface area contributed by atoms with Gasteiger partial charge < -0.3 is 24.4 Å². The Labute approximate surface area is 156 Å². The molecule has 0 radical (unpaired) electrons. The summed E-state index contributed by atoms with van der Waals surface area (Å²) < 4.78 is 15.4. The number of methoxy groups -OCH3 is 3. The largest absolute Gasteiger partial charge is 0.495 e. The molecule has 138 valence electrons. The van der Waals surface area contributed by atoms with Crippen molar-refractivity contribution in [1.29, 1.82) is 0 Å². The Kier molecular flexibility index (Phi) is 7.11. The van der Waals surface area contributed by atoms with Crippen LogP contribution in [0.15, 0.2) is 41.6 Å². The molecule has 0 spiro atoms. The van der Waals surface area contributed by atoms with Gasteiger partial charge >= 0.3 is 0 Å². The molecule has 0 aromatic heterocycles. The van der Waals surface area contributed by atoms with Crippen LogP contribution in [-0.4, -0.2) is 40.1 Å². The molecule has 0 aliphatic carbocycles. The summed E-state index contributed by atoms with van der Waals surface area (Å²) in [6, 6.07) is 10.2. The number of benzene rings is 2. The lowest BCUT2D eigenvalue weighted by atomic mass is 10.2. The maximum absolute atomic E-state index is 11.9. The maximum atomic E-state index is 11.9. The fraction of sp³-hybridized carbons (Fsp3) is 0.222. The van der Waals surface area contributed by atoms with Gasteiger partial charge in [0, 0.05) is 11.3 Å². The standard InChI is InChI=1S/C18H19ClN2O5/c1-23-15-7-5-13(9-14(15)19)21-18(22)11-26-20-10-12-4-6-16(24-2)17(8-12)25-3/h4-10H,11H2,1-3H3,(H,21,22)/b20-10-. The van der Waals surface area contributed by atoms with E-state index < -0.39 is 0 Å². The summed E-state index contributed by atoms with van der Waals surface area (Å²) in [5.74, 6) is 1.35. The highest BCUT2D eigenvalue weighted by atomic mass is 35.5. The van der Waals surface area contributed by atoms with Crippen LogP contribution in [0.25, 0.3) is 0 Å². The topological polar surface area (TPSA) is 78.4 Å². The average molecular weight is 379 g/mol. The Hall–Kier alpha value is -2.93. The molecule has 0 saturated heterocycles. The summed E-state index contributed by atoms with van der Waals surface area (Å²) in [6.45, 7) is -0.243. The van der Waals surface area contributed by atoms with Gasteiger partial charge in [0.25, 0.3) is 5.91 Å². The number of halogens is 1. The molecule has 0 unspecified atom stereocenters. The molecule has 2 rings (SSSR count). The first-order valence-electron chi connectivity index (χ1n) is 7.58. The predicted molar refractivity (Wildman–Crippen MR) is 99.7 cm³/mol. The van der Waals surface area contributed by atoms with Gasteiger partial charge in [0.05, 0.1) is 32.6 Å². The normalized spacial score (nSPS) is 10.5. The SMILES string of the molecule is COc1ccc(NC(=O)CO/N=C\c2ccc(OC)c(OC)c2)cc1Cl. The van der Waals surface area contributed by atoms with Crippen LogP contribution in [0.2, 0.25) is 5.02 Å². The van der Waals surface area contributed by atoms with Crippen LogP contribution >= 0.6 is 11.6 Å². The lowest BCUT2D eigenvalue weighted by molar-refractivity contribution is -0.120. The van der Waals surface area contributed by atoms with E-state index in [9.17, 15) is 4.79 Å². The van der Waals surface area contributed by atoms with Crippen LogP contribution in [0.3, 0.4) is 0 Å². The van der Waals surface area contributed by atoms with E-state index in [1.807, 2.05) is 0 Å². The minimum atomic E-state index is -0.365. The van der Waals surface area contributed by atoms with E-state index in [1.165, 1.54) is 13.3 Å². The second-order valence-corrected chi connectivity index (χ2v) is 5.43. The molecule has 8 heteroatoms. The molecular formula is C18H19ClN2O5. The summed E-state index contributed by atoms with van der Waals surface area (Å²) in [5.41, 5.74) is 1.28. The molecule has 1 N–H and O–H groups in total. The molecule has 1 amide bonds. The molecule has 0 fully saturated rings. The lowest BCUT2D eigenvalue weighted by Gasteiger charge is -2.08. The van der Waals surface area contributed by atoms with Crippen molar-refractivity contribution in [2.75, 3.05) is 33.3 Å². The zero-order chi connectivity index (χ0) is 18.9. The number of carbonyl (C=O) groups is 1. The first-order valence-corrected chi connectivity index (χ1v) is 7.96. The second-order valence-electron chi connectivity index (χ2n) is 5.02. The van der Waals surface area contributed by atoms with Crippen LogP contribution in [-0.2, 0) is 9.63 Å². The second kappa shape index (κ2) is 9.53. The van der Waals surface area contributed by atoms with Crippen molar-refractivity contribution in [3.8, 4) is 17.2 Å². The number of anilines is 1. The van der Waals surface area contributed by atoms with E-state index in [4.69, 9.17) is 30.6 Å². The molecule has 0 atom stereocenters. The molecule has 7 nitrogen and oxygen atoms in total. The van der Waals surface area contributed by atoms with Crippen molar-refractivity contribution < 1.29 is 23.8 Å². The van der Waals surface area contributed by atoms with E-state index in [2.05, 4.69) is 10.5 Å². The van der Waals surface area contributed by atoms with Crippen LogP contribution in [0.5, 0.6) is 17.2 Å². The number of rotatable bonds is 8. The first kappa shape index (κ1) is 19.4. The number of nitrogens with zero attached hydrogens (tertiary/aromatic N) is 1. The van der Waals surface area contributed by atoms with Gasteiger partial charge in [-0.1, -0.05) is 16.8 Å². The zero-order valence-electron chi connectivity index (χ0n) is 14.6. The molecule has 2 aromatic carbocycles. The third-order valence-corrected chi connectivity index (χ3v) is 3.61. The Balaban J connectivity index is 1.86. The quantitative estimate of drug-likeness (QED) is 0.563. The van der Waals surface area contributed by atoms with Crippen LogP contribution in [0.1, 0.15) is 5.56 Å². The maximum Gasteiger partial charge on any atom is 0.265 e. The number of carbonyl (C=O) groups excluding carboxylic acids is 1. The molecule has 0 heterocycles. The van der Waals surface area contributed by atoms with Crippen molar-refractivity contribution in [1.82, 2.24) is 0 Å². The Morgan fingerprint density at radius 3 is 2.38 bits per heavy atom. The summed E-state index contributed by atoms with van der Waals surface area (Å²) in [7, 11) is 4.62. The Morgan fingerprint density at radius 2 is 1.73 bits per heavy atom. The number of ether oxygens (including phenoxy) is 3. The van der Waals surface area contributed by atoms with E-state index >= 15 is 0 Å². The third-order valence-electron chi connectivity index (χ3n) is 3.32. The van der Waals surface area contributed by atoms with Gasteiger partial charge in [-0.3, -0.25) is 4.79 Å².